The monoisotopic (exact) mass is 463 g/mol. The van der Waals surface area contributed by atoms with Gasteiger partial charge >= 0.3 is 0 Å². The van der Waals surface area contributed by atoms with Crippen LogP contribution in [-0.2, 0) is 17.9 Å². The Labute approximate surface area is 199 Å². The van der Waals surface area contributed by atoms with E-state index in [1.165, 1.54) is 24.8 Å². The van der Waals surface area contributed by atoms with Gasteiger partial charge < -0.3 is 14.8 Å². The maximum atomic E-state index is 13.9. The van der Waals surface area contributed by atoms with E-state index < -0.39 is 5.54 Å². The molecule has 3 aromatic rings. The first-order chi connectivity index (χ1) is 16.0. The van der Waals surface area contributed by atoms with Gasteiger partial charge in [-0.3, -0.25) is 9.59 Å². The van der Waals surface area contributed by atoms with Crippen molar-refractivity contribution in [2.24, 2.45) is 0 Å². The topological polar surface area (TPSA) is 54.3 Å². The molecule has 1 N–H and O–H groups in total. The number of benzene rings is 1. The summed E-state index contributed by atoms with van der Waals surface area (Å²) in [6, 6.07) is 12.5. The van der Waals surface area contributed by atoms with E-state index in [1.54, 1.807) is 16.2 Å². The molecule has 1 atom stereocenters. The minimum absolute atomic E-state index is 0.0312. The van der Waals surface area contributed by atoms with Gasteiger partial charge in [-0.2, -0.15) is 0 Å². The molecule has 2 amide bonds. The third-order valence-corrected chi connectivity index (χ3v) is 8.29. The van der Waals surface area contributed by atoms with Crippen LogP contribution in [0.25, 0.3) is 10.2 Å². The summed E-state index contributed by atoms with van der Waals surface area (Å²) >= 11 is 1.64. The molecule has 2 aromatic heterocycles. The average molecular weight is 464 g/mol. The van der Waals surface area contributed by atoms with E-state index in [0.29, 0.717) is 18.8 Å². The van der Waals surface area contributed by atoms with Crippen molar-refractivity contribution in [2.45, 2.75) is 83.5 Å². The Kier molecular flexibility index (Phi) is 6.04. The van der Waals surface area contributed by atoms with Gasteiger partial charge in [-0.15, -0.1) is 11.3 Å². The Morgan fingerprint density at radius 3 is 2.52 bits per heavy atom. The van der Waals surface area contributed by atoms with Crippen molar-refractivity contribution in [3.8, 4) is 0 Å². The average Bonchev–Trinajstić information content (AvgIpc) is 3.36. The fraction of sp³-hybridized carbons (Fsp3) is 0.481. The van der Waals surface area contributed by atoms with Gasteiger partial charge in [0.1, 0.15) is 11.2 Å². The van der Waals surface area contributed by atoms with Crippen LogP contribution >= 0.6 is 11.3 Å². The number of amides is 2. The Morgan fingerprint density at radius 2 is 1.79 bits per heavy atom. The number of fused-ring (bicyclic) bond motifs is 3. The summed E-state index contributed by atoms with van der Waals surface area (Å²) in [6.07, 6.45) is 8.14. The summed E-state index contributed by atoms with van der Waals surface area (Å²) in [6.45, 7) is 4.89. The molecule has 1 aliphatic carbocycles. The molecule has 3 heterocycles. The predicted octanol–water partition coefficient (Wildman–Crippen LogP) is 5.66. The molecule has 5 rings (SSSR count). The quantitative estimate of drug-likeness (QED) is 0.543. The highest BCUT2D eigenvalue weighted by atomic mass is 32.1. The zero-order valence-corrected chi connectivity index (χ0v) is 20.4. The van der Waals surface area contributed by atoms with Gasteiger partial charge in [0.05, 0.1) is 16.8 Å². The maximum absolute atomic E-state index is 13.9. The van der Waals surface area contributed by atoms with E-state index in [-0.39, 0.29) is 17.9 Å². The van der Waals surface area contributed by atoms with Crippen molar-refractivity contribution < 1.29 is 9.59 Å². The summed E-state index contributed by atoms with van der Waals surface area (Å²) in [5, 5.41) is 5.41. The van der Waals surface area contributed by atoms with Crippen LogP contribution in [0.1, 0.15) is 73.5 Å². The molecule has 1 aliphatic heterocycles. The molecule has 2 aliphatic rings. The first kappa shape index (κ1) is 22.2. The third-order valence-electron chi connectivity index (χ3n) is 7.44. The summed E-state index contributed by atoms with van der Waals surface area (Å²) < 4.78 is 3.15. The van der Waals surface area contributed by atoms with Crippen molar-refractivity contribution in [1.29, 1.82) is 0 Å². The first-order valence-electron chi connectivity index (χ1n) is 12.2. The van der Waals surface area contributed by atoms with Gasteiger partial charge in [0.25, 0.3) is 5.91 Å². The maximum Gasteiger partial charge on any atom is 0.271 e. The summed E-state index contributed by atoms with van der Waals surface area (Å²) in [4.78, 5) is 29.5. The largest absolute Gasteiger partial charge is 0.351 e. The number of hydrogen-bond donors (Lipinski definition) is 1. The lowest BCUT2D eigenvalue weighted by molar-refractivity contribution is -0.134. The van der Waals surface area contributed by atoms with E-state index in [1.807, 2.05) is 18.4 Å². The standard InChI is InChI=1S/C27H33N3O2S/c1-19-10-12-20(13-11-19)17-30-25(31)23-16-24-22(14-15-33-24)29(23)18-27(30,2)26(32)28-21-8-6-4-3-5-7-9-21/h10-16,21H,3-9,17-18H2,1-2H3,(H,28,32)/t27-/m0/s1. The molecule has 1 saturated carbocycles. The second-order valence-corrected chi connectivity index (χ2v) is 10.9. The van der Waals surface area contributed by atoms with Crippen molar-refractivity contribution in [2.75, 3.05) is 0 Å². The molecule has 0 bridgehead atoms. The van der Waals surface area contributed by atoms with Crippen LogP contribution < -0.4 is 5.32 Å². The summed E-state index contributed by atoms with van der Waals surface area (Å²) in [5.41, 5.74) is 3.00. The normalized spacial score (nSPS) is 22.1. The van der Waals surface area contributed by atoms with Crippen LogP contribution in [0.15, 0.2) is 41.8 Å². The Balaban J connectivity index is 1.49. The van der Waals surface area contributed by atoms with Crippen molar-refractivity contribution >= 4 is 33.4 Å². The minimum Gasteiger partial charge on any atom is -0.351 e. The molecule has 6 heteroatoms. The molecule has 0 radical (unpaired) electrons. The molecule has 174 valence electrons. The van der Waals surface area contributed by atoms with Crippen LogP contribution in [0.3, 0.4) is 0 Å². The lowest BCUT2D eigenvalue weighted by Gasteiger charge is -2.44. The van der Waals surface area contributed by atoms with Gasteiger partial charge in [-0.05, 0) is 49.8 Å². The number of nitrogens with one attached hydrogen (secondary N) is 1. The fourth-order valence-electron chi connectivity index (χ4n) is 5.34. The Hall–Kier alpha value is -2.60. The number of aryl methyl sites for hydroxylation is 1. The van der Waals surface area contributed by atoms with Crippen LogP contribution in [0.4, 0.5) is 0 Å². The number of carbonyl (C=O) groups is 2. The third kappa shape index (κ3) is 4.21. The van der Waals surface area contributed by atoms with Crippen LogP contribution in [0.5, 0.6) is 0 Å². The first-order valence-corrected chi connectivity index (χ1v) is 13.1. The second kappa shape index (κ2) is 8.98. The Morgan fingerprint density at radius 1 is 1.09 bits per heavy atom. The van der Waals surface area contributed by atoms with Gasteiger partial charge in [0.2, 0.25) is 5.91 Å². The van der Waals surface area contributed by atoms with Crippen LogP contribution in [0.2, 0.25) is 0 Å². The lowest BCUT2D eigenvalue weighted by atomic mass is 9.91. The molecule has 1 aromatic carbocycles. The van der Waals surface area contributed by atoms with E-state index in [2.05, 4.69) is 47.1 Å². The van der Waals surface area contributed by atoms with Crippen molar-refractivity contribution in [1.82, 2.24) is 14.8 Å². The number of hydrogen-bond acceptors (Lipinski definition) is 3. The molecule has 33 heavy (non-hydrogen) atoms. The zero-order chi connectivity index (χ0) is 23.0. The molecule has 1 fully saturated rings. The summed E-state index contributed by atoms with van der Waals surface area (Å²) in [7, 11) is 0. The highest BCUT2D eigenvalue weighted by Crippen LogP contribution is 2.35. The predicted molar refractivity (Wildman–Crippen MR) is 134 cm³/mol. The lowest BCUT2D eigenvalue weighted by Crippen LogP contribution is -2.64. The summed E-state index contributed by atoms with van der Waals surface area (Å²) in [5.74, 6) is -0.100. The molecular formula is C27H33N3O2S. The van der Waals surface area contributed by atoms with E-state index in [0.717, 1.165) is 41.5 Å². The van der Waals surface area contributed by atoms with Gasteiger partial charge in [0, 0.05) is 12.6 Å². The van der Waals surface area contributed by atoms with Gasteiger partial charge in [-0.1, -0.05) is 61.9 Å². The highest BCUT2D eigenvalue weighted by Gasteiger charge is 2.48. The molecule has 0 saturated heterocycles. The number of aromatic nitrogens is 1. The van der Waals surface area contributed by atoms with Crippen LogP contribution in [-0.4, -0.2) is 32.9 Å². The Bertz CT molecular complexity index is 1150. The molecule has 5 nitrogen and oxygen atoms in total. The van der Waals surface area contributed by atoms with Crippen molar-refractivity contribution in [3.05, 3.63) is 58.6 Å². The smallest absolute Gasteiger partial charge is 0.271 e. The number of nitrogens with zero attached hydrogens (tertiary/aromatic N) is 2. The van der Waals surface area contributed by atoms with Crippen molar-refractivity contribution in [3.63, 3.8) is 0 Å². The number of thiophene rings is 1. The molecule has 0 unspecified atom stereocenters. The number of rotatable bonds is 4. The minimum atomic E-state index is -0.953. The SMILES string of the molecule is Cc1ccc(CN2C(=O)c3cc4sccc4n3C[C@@]2(C)C(=O)NC2CCCCCCC2)cc1. The van der Waals surface area contributed by atoms with Gasteiger partial charge in [0.15, 0.2) is 0 Å². The zero-order valence-electron chi connectivity index (χ0n) is 19.6. The van der Waals surface area contributed by atoms with E-state index in [4.69, 9.17) is 0 Å². The van der Waals surface area contributed by atoms with E-state index in [9.17, 15) is 9.59 Å². The van der Waals surface area contributed by atoms with E-state index >= 15 is 0 Å². The molecular weight excluding hydrogens is 430 g/mol. The highest BCUT2D eigenvalue weighted by molar-refractivity contribution is 7.17. The fourth-order valence-corrected chi connectivity index (χ4v) is 6.16. The van der Waals surface area contributed by atoms with Crippen LogP contribution in [0, 0.1) is 6.92 Å². The van der Waals surface area contributed by atoms with Gasteiger partial charge in [-0.25, -0.2) is 0 Å². The molecule has 0 spiro atoms. The second-order valence-electron chi connectivity index (χ2n) is 9.95. The number of carbonyl (C=O) groups excluding carboxylic acids is 2.